The van der Waals surface area contributed by atoms with E-state index in [4.69, 9.17) is 10.5 Å². The van der Waals surface area contributed by atoms with Crippen molar-refractivity contribution < 1.29 is 9.13 Å². The van der Waals surface area contributed by atoms with Gasteiger partial charge in [-0.15, -0.1) is 0 Å². The van der Waals surface area contributed by atoms with Crippen molar-refractivity contribution in [3.63, 3.8) is 0 Å². The SMILES string of the molecule is CC(C)Oc1ccc(F)cc1[C@@H](C)N. The molecule has 1 aromatic rings. The summed E-state index contributed by atoms with van der Waals surface area (Å²) in [6, 6.07) is 4.19. The lowest BCUT2D eigenvalue weighted by Crippen LogP contribution is -2.12. The summed E-state index contributed by atoms with van der Waals surface area (Å²) >= 11 is 0. The Morgan fingerprint density at radius 3 is 2.43 bits per heavy atom. The smallest absolute Gasteiger partial charge is 0.124 e. The van der Waals surface area contributed by atoms with E-state index in [1.165, 1.54) is 12.1 Å². The first-order valence-corrected chi connectivity index (χ1v) is 4.72. The molecule has 3 heteroatoms. The van der Waals surface area contributed by atoms with Gasteiger partial charge < -0.3 is 10.5 Å². The van der Waals surface area contributed by atoms with Gasteiger partial charge in [0.05, 0.1) is 6.10 Å². The van der Waals surface area contributed by atoms with E-state index in [0.29, 0.717) is 11.3 Å². The van der Waals surface area contributed by atoms with Crippen LogP contribution in [0.4, 0.5) is 4.39 Å². The van der Waals surface area contributed by atoms with Gasteiger partial charge in [0.2, 0.25) is 0 Å². The molecule has 0 aliphatic heterocycles. The number of hydrogen-bond donors (Lipinski definition) is 1. The molecule has 0 aliphatic carbocycles. The minimum Gasteiger partial charge on any atom is -0.491 e. The normalized spacial score (nSPS) is 13.0. The van der Waals surface area contributed by atoms with Crippen molar-refractivity contribution in [3.8, 4) is 5.75 Å². The molecule has 0 amide bonds. The largest absolute Gasteiger partial charge is 0.491 e. The van der Waals surface area contributed by atoms with Gasteiger partial charge in [-0.25, -0.2) is 4.39 Å². The summed E-state index contributed by atoms with van der Waals surface area (Å²) in [6.07, 6.45) is 0.0676. The second-order valence-corrected chi connectivity index (χ2v) is 3.64. The van der Waals surface area contributed by atoms with Crippen LogP contribution >= 0.6 is 0 Å². The van der Waals surface area contributed by atoms with Gasteiger partial charge in [0.15, 0.2) is 0 Å². The molecule has 78 valence electrons. The lowest BCUT2D eigenvalue weighted by atomic mass is 10.1. The molecule has 0 unspecified atom stereocenters. The molecule has 0 aliphatic rings. The van der Waals surface area contributed by atoms with Crippen molar-refractivity contribution in [3.05, 3.63) is 29.6 Å². The van der Waals surface area contributed by atoms with Gasteiger partial charge >= 0.3 is 0 Å². The minimum atomic E-state index is -0.284. The quantitative estimate of drug-likeness (QED) is 0.808. The van der Waals surface area contributed by atoms with E-state index in [2.05, 4.69) is 0 Å². The van der Waals surface area contributed by atoms with Gasteiger partial charge in [-0.2, -0.15) is 0 Å². The second-order valence-electron chi connectivity index (χ2n) is 3.64. The standard InChI is InChI=1S/C11H16FNO/c1-7(2)14-11-5-4-9(12)6-10(11)8(3)13/h4-8H,13H2,1-3H3/t8-/m1/s1. The van der Waals surface area contributed by atoms with Gasteiger partial charge in [0.25, 0.3) is 0 Å². The number of nitrogens with two attached hydrogens (primary N) is 1. The van der Waals surface area contributed by atoms with Gasteiger partial charge in [0, 0.05) is 11.6 Å². The van der Waals surface area contributed by atoms with Crippen molar-refractivity contribution >= 4 is 0 Å². The highest BCUT2D eigenvalue weighted by molar-refractivity contribution is 5.36. The van der Waals surface area contributed by atoms with Crippen molar-refractivity contribution in [2.45, 2.75) is 32.9 Å². The molecule has 0 heterocycles. The zero-order valence-corrected chi connectivity index (χ0v) is 8.75. The van der Waals surface area contributed by atoms with E-state index in [-0.39, 0.29) is 18.0 Å². The summed E-state index contributed by atoms with van der Waals surface area (Å²) in [6.45, 7) is 5.66. The summed E-state index contributed by atoms with van der Waals surface area (Å²) < 4.78 is 18.4. The predicted octanol–water partition coefficient (Wildman–Crippen LogP) is 2.63. The van der Waals surface area contributed by atoms with Crippen LogP contribution in [0.1, 0.15) is 32.4 Å². The van der Waals surface area contributed by atoms with Crippen LogP contribution in [0.15, 0.2) is 18.2 Å². The minimum absolute atomic E-state index is 0.0676. The van der Waals surface area contributed by atoms with Crippen molar-refractivity contribution in [2.24, 2.45) is 5.73 Å². The summed E-state index contributed by atoms with van der Waals surface area (Å²) in [5, 5.41) is 0. The molecule has 0 spiro atoms. The van der Waals surface area contributed by atoms with E-state index in [0.717, 1.165) is 0 Å². The van der Waals surface area contributed by atoms with Gasteiger partial charge in [-0.05, 0) is 39.0 Å². The molecule has 1 atom stereocenters. The van der Waals surface area contributed by atoms with Gasteiger partial charge in [-0.3, -0.25) is 0 Å². The van der Waals surface area contributed by atoms with Crippen LogP contribution in [0, 0.1) is 5.82 Å². The molecule has 1 aromatic carbocycles. The Hall–Kier alpha value is -1.09. The fourth-order valence-corrected chi connectivity index (χ4v) is 1.24. The lowest BCUT2D eigenvalue weighted by molar-refractivity contribution is 0.238. The molecule has 1 rings (SSSR count). The van der Waals surface area contributed by atoms with Crippen molar-refractivity contribution in [1.82, 2.24) is 0 Å². The molecule has 0 radical (unpaired) electrons. The summed E-state index contributed by atoms with van der Waals surface area (Å²) in [4.78, 5) is 0. The lowest BCUT2D eigenvalue weighted by Gasteiger charge is -2.16. The molecular weight excluding hydrogens is 181 g/mol. The Morgan fingerprint density at radius 1 is 1.29 bits per heavy atom. The highest BCUT2D eigenvalue weighted by Crippen LogP contribution is 2.25. The fourth-order valence-electron chi connectivity index (χ4n) is 1.24. The Kier molecular flexibility index (Phi) is 3.47. The molecule has 0 aromatic heterocycles. The van der Waals surface area contributed by atoms with E-state index >= 15 is 0 Å². The molecule has 0 bridgehead atoms. The zero-order chi connectivity index (χ0) is 10.7. The highest BCUT2D eigenvalue weighted by atomic mass is 19.1. The molecule has 0 saturated heterocycles. The third-order valence-corrected chi connectivity index (χ3v) is 1.83. The van der Waals surface area contributed by atoms with Crippen LogP contribution in [0.3, 0.4) is 0 Å². The summed E-state index contributed by atoms with van der Waals surface area (Å²) in [5.41, 5.74) is 6.42. The third-order valence-electron chi connectivity index (χ3n) is 1.83. The van der Waals surface area contributed by atoms with Gasteiger partial charge in [0.1, 0.15) is 11.6 Å². The summed E-state index contributed by atoms with van der Waals surface area (Å²) in [7, 11) is 0. The van der Waals surface area contributed by atoms with E-state index in [9.17, 15) is 4.39 Å². The van der Waals surface area contributed by atoms with Gasteiger partial charge in [-0.1, -0.05) is 0 Å². The van der Waals surface area contributed by atoms with E-state index in [1.807, 2.05) is 20.8 Å². The maximum absolute atomic E-state index is 12.9. The number of halogens is 1. The van der Waals surface area contributed by atoms with Crippen LogP contribution < -0.4 is 10.5 Å². The monoisotopic (exact) mass is 197 g/mol. The number of benzene rings is 1. The Morgan fingerprint density at radius 2 is 1.93 bits per heavy atom. The zero-order valence-electron chi connectivity index (χ0n) is 8.75. The van der Waals surface area contributed by atoms with E-state index < -0.39 is 0 Å². The summed E-state index contributed by atoms with van der Waals surface area (Å²) in [5.74, 6) is 0.379. The second kappa shape index (κ2) is 4.42. The Bertz CT molecular complexity index is 310. The predicted molar refractivity (Wildman–Crippen MR) is 54.8 cm³/mol. The highest BCUT2D eigenvalue weighted by Gasteiger charge is 2.10. The molecule has 0 saturated carbocycles. The van der Waals surface area contributed by atoms with Crippen molar-refractivity contribution in [2.75, 3.05) is 0 Å². The van der Waals surface area contributed by atoms with E-state index in [1.54, 1.807) is 6.07 Å². The molecule has 2 nitrogen and oxygen atoms in total. The molecule has 0 fully saturated rings. The maximum atomic E-state index is 12.9. The van der Waals surface area contributed by atoms with Crippen LogP contribution in [-0.2, 0) is 0 Å². The van der Waals surface area contributed by atoms with Crippen LogP contribution in [0.2, 0.25) is 0 Å². The third kappa shape index (κ3) is 2.70. The molecule has 2 N–H and O–H groups in total. The maximum Gasteiger partial charge on any atom is 0.124 e. The Balaban J connectivity index is 3.02. The topological polar surface area (TPSA) is 35.2 Å². The first-order chi connectivity index (χ1) is 6.50. The number of ether oxygens (including phenoxy) is 1. The average Bonchev–Trinajstić information content (AvgIpc) is 2.07. The van der Waals surface area contributed by atoms with Crippen LogP contribution in [0.5, 0.6) is 5.75 Å². The first kappa shape index (κ1) is 11.0. The first-order valence-electron chi connectivity index (χ1n) is 4.72. The Labute approximate surface area is 83.9 Å². The van der Waals surface area contributed by atoms with Crippen LogP contribution in [0.25, 0.3) is 0 Å². The number of hydrogen-bond acceptors (Lipinski definition) is 2. The fraction of sp³-hybridized carbons (Fsp3) is 0.455. The molecule has 14 heavy (non-hydrogen) atoms. The molecular formula is C11H16FNO. The average molecular weight is 197 g/mol. The number of rotatable bonds is 3. The van der Waals surface area contributed by atoms with Crippen molar-refractivity contribution in [1.29, 1.82) is 0 Å². The van der Waals surface area contributed by atoms with Crippen LogP contribution in [-0.4, -0.2) is 6.10 Å².